The van der Waals surface area contributed by atoms with E-state index in [1.165, 1.54) is 38.4 Å². The van der Waals surface area contributed by atoms with E-state index >= 15 is 0 Å². The summed E-state index contributed by atoms with van der Waals surface area (Å²) in [6, 6.07) is 0.605. The van der Waals surface area contributed by atoms with E-state index in [1.807, 2.05) is 0 Å². The minimum absolute atomic E-state index is 0.264. The van der Waals surface area contributed by atoms with Gasteiger partial charge in [-0.15, -0.1) is 0 Å². The standard InChI is InChI=1S/C16H34N2O2S/c1-5-9-17-16-8-7-14(6-2)12-15(16)13-18(3)10-11-21(4,19)20/h14-17H,5-13H2,1-4H3. The van der Waals surface area contributed by atoms with E-state index in [2.05, 4.69) is 31.1 Å². The van der Waals surface area contributed by atoms with Gasteiger partial charge in [-0.1, -0.05) is 20.3 Å². The normalized spacial score (nSPS) is 27.2. The van der Waals surface area contributed by atoms with Crippen LogP contribution in [0.2, 0.25) is 0 Å². The van der Waals surface area contributed by atoms with E-state index in [0.717, 1.165) is 19.0 Å². The average Bonchev–Trinajstić information content (AvgIpc) is 2.43. The first-order valence-electron chi connectivity index (χ1n) is 8.45. The van der Waals surface area contributed by atoms with Gasteiger partial charge in [-0.2, -0.15) is 0 Å². The van der Waals surface area contributed by atoms with E-state index in [9.17, 15) is 8.42 Å². The molecule has 3 unspecified atom stereocenters. The van der Waals surface area contributed by atoms with Crippen LogP contribution in [0.1, 0.15) is 46.0 Å². The summed E-state index contributed by atoms with van der Waals surface area (Å²) in [4.78, 5) is 2.20. The average molecular weight is 319 g/mol. The molecule has 0 heterocycles. The molecule has 1 fully saturated rings. The third kappa shape index (κ3) is 7.61. The highest BCUT2D eigenvalue weighted by Crippen LogP contribution is 2.31. The Hall–Kier alpha value is -0.130. The molecule has 0 radical (unpaired) electrons. The summed E-state index contributed by atoms with van der Waals surface area (Å²) in [6.07, 6.45) is 7.64. The second kappa shape index (κ2) is 9.11. The zero-order valence-electron chi connectivity index (χ0n) is 14.3. The van der Waals surface area contributed by atoms with Crippen molar-refractivity contribution in [2.45, 2.75) is 52.0 Å². The Kier molecular flexibility index (Phi) is 8.21. The molecule has 1 saturated carbocycles. The van der Waals surface area contributed by atoms with Crippen molar-refractivity contribution >= 4 is 9.84 Å². The van der Waals surface area contributed by atoms with Crippen molar-refractivity contribution in [2.24, 2.45) is 11.8 Å². The van der Waals surface area contributed by atoms with E-state index in [-0.39, 0.29) is 5.75 Å². The van der Waals surface area contributed by atoms with Crippen LogP contribution in [-0.4, -0.2) is 58.1 Å². The number of rotatable bonds is 9. The van der Waals surface area contributed by atoms with Crippen LogP contribution in [0.4, 0.5) is 0 Å². The van der Waals surface area contributed by atoms with Crippen LogP contribution in [0.5, 0.6) is 0 Å². The molecule has 4 nitrogen and oxygen atoms in total. The Balaban J connectivity index is 2.51. The van der Waals surface area contributed by atoms with Gasteiger partial charge in [0.1, 0.15) is 9.84 Å². The fourth-order valence-corrected chi connectivity index (χ4v) is 3.99. The molecule has 0 aromatic heterocycles. The molecule has 21 heavy (non-hydrogen) atoms. The summed E-state index contributed by atoms with van der Waals surface area (Å²) in [6.45, 7) is 7.23. The lowest BCUT2D eigenvalue weighted by Crippen LogP contribution is -2.46. The minimum atomic E-state index is -2.86. The van der Waals surface area contributed by atoms with Crippen molar-refractivity contribution in [2.75, 3.05) is 38.7 Å². The smallest absolute Gasteiger partial charge is 0.148 e. The molecule has 1 N–H and O–H groups in total. The molecule has 3 atom stereocenters. The Bertz CT molecular complexity index is 384. The van der Waals surface area contributed by atoms with Crippen LogP contribution in [-0.2, 0) is 9.84 Å². The van der Waals surface area contributed by atoms with Crippen LogP contribution in [0.3, 0.4) is 0 Å². The van der Waals surface area contributed by atoms with Crippen molar-refractivity contribution in [1.82, 2.24) is 10.2 Å². The molecule has 126 valence electrons. The maximum absolute atomic E-state index is 11.3. The number of nitrogens with one attached hydrogen (secondary N) is 1. The zero-order chi connectivity index (χ0) is 15.9. The summed E-state index contributed by atoms with van der Waals surface area (Å²) in [5, 5.41) is 3.70. The van der Waals surface area contributed by atoms with Gasteiger partial charge >= 0.3 is 0 Å². The SMILES string of the molecule is CCCNC1CCC(CC)CC1CN(C)CCS(C)(=O)=O. The molecule has 0 aromatic carbocycles. The van der Waals surface area contributed by atoms with Crippen molar-refractivity contribution in [3.8, 4) is 0 Å². The molecular weight excluding hydrogens is 284 g/mol. The van der Waals surface area contributed by atoms with Gasteiger partial charge in [-0.3, -0.25) is 0 Å². The summed E-state index contributed by atoms with van der Waals surface area (Å²) in [5.41, 5.74) is 0. The topological polar surface area (TPSA) is 49.4 Å². The summed E-state index contributed by atoms with van der Waals surface area (Å²) >= 11 is 0. The number of hydrogen-bond acceptors (Lipinski definition) is 4. The largest absolute Gasteiger partial charge is 0.314 e. The van der Waals surface area contributed by atoms with E-state index in [1.54, 1.807) is 0 Å². The van der Waals surface area contributed by atoms with Crippen molar-refractivity contribution < 1.29 is 8.42 Å². The Morgan fingerprint density at radius 3 is 2.52 bits per heavy atom. The third-order valence-electron chi connectivity index (χ3n) is 4.71. The molecule has 1 aliphatic carbocycles. The van der Waals surface area contributed by atoms with Gasteiger partial charge in [0.05, 0.1) is 5.75 Å². The first-order valence-corrected chi connectivity index (χ1v) is 10.5. The van der Waals surface area contributed by atoms with E-state index < -0.39 is 9.84 Å². The first-order chi connectivity index (χ1) is 9.85. The van der Waals surface area contributed by atoms with Crippen LogP contribution in [0.25, 0.3) is 0 Å². The predicted molar refractivity (Wildman–Crippen MR) is 90.4 cm³/mol. The molecule has 0 bridgehead atoms. The van der Waals surface area contributed by atoms with E-state index in [0.29, 0.717) is 18.5 Å². The van der Waals surface area contributed by atoms with Gasteiger partial charge < -0.3 is 10.2 Å². The van der Waals surface area contributed by atoms with Gasteiger partial charge in [0.15, 0.2) is 0 Å². The zero-order valence-corrected chi connectivity index (χ0v) is 15.1. The molecule has 0 spiro atoms. The van der Waals surface area contributed by atoms with Gasteiger partial charge in [0.2, 0.25) is 0 Å². The van der Waals surface area contributed by atoms with Crippen molar-refractivity contribution in [3.63, 3.8) is 0 Å². The lowest BCUT2D eigenvalue weighted by molar-refractivity contribution is 0.155. The van der Waals surface area contributed by atoms with E-state index in [4.69, 9.17) is 0 Å². The second-order valence-electron chi connectivity index (χ2n) is 6.80. The van der Waals surface area contributed by atoms with Crippen LogP contribution < -0.4 is 5.32 Å². The number of sulfone groups is 1. The summed E-state index contributed by atoms with van der Waals surface area (Å²) in [7, 11) is -0.807. The highest BCUT2D eigenvalue weighted by molar-refractivity contribution is 7.90. The Morgan fingerprint density at radius 2 is 1.95 bits per heavy atom. The molecule has 0 aliphatic heterocycles. The second-order valence-corrected chi connectivity index (χ2v) is 9.06. The van der Waals surface area contributed by atoms with Crippen LogP contribution in [0, 0.1) is 11.8 Å². The molecule has 0 aromatic rings. The fourth-order valence-electron chi connectivity index (χ4n) is 3.35. The van der Waals surface area contributed by atoms with Gasteiger partial charge in [0, 0.05) is 25.4 Å². The summed E-state index contributed by atoms with van der Waals surface area (Å²) < 4.78 is 22.6. The lowest BCUT2D eigenvalue weighted by Gasteiger charge is -2.38. The number of hydrogen-bond donors (Lipinski definition) is 1. The monoisotopic (exact) mass is 318 g/mol. The first kappa shape index (κ1) is 18.9. The molecule has 1 rings (SSSR count). The lowest BCUT2D eigenvalue weighted by atomic mass is 9.76. The maximum Gasteiger partial charge on any atom is 0.148 e. The molecule has 0 amide bonds. The van der Waals surface area contributed by atoms with Gasteiger partial charge in [0.25, 0.3) is 0 Å². The molecule has 0 saturated heterocycles. The molecule has 1 aliphatic rings. The third-order valence-corrected chi connectivity index (χ3v) is 5.64. The van der Waals surface area contributed by atoms with Crippen molar-refractivity contribution in [1.29, 1.82) is 0 Å². The fraction of sp³-hybridized carbons (Fsp3) is 1.00. The quantitative estimate of drug-likeness (QED) is 0.708. The minimum Gasteiger partial charge on any atom is -0.314 e. The maximum atomic E-state index is 11.3. The Morgan fingerprint density at radius 1 is 1.24 bits per heavy atom. The molecular formula is C16H34N2O2S. The highest BCUT2D eigenvalue weighted by Gasteiger charge is 2.30. The molecule has 5 heteroatoms. The summed E-state index contributed by atoms with van der Waals surface area (Å²) in [5.74, 6) is 1.76. The van der Waals surface area contributed by atoms with Crippen LogP contribution >= 0.6 is 0 Å². The Labute approximate surface area is 131 Å². The van der Waals surface area contributed by atoms with Gasteiger partial charge in [-0.05, 0) is 51.1 Å². The highest BCUT2D eigenvalue weighted by atomic mass is 32.2. The van der Waals surface area contributed by atoms with Gasteiger partial charge in [-0.25, -0.2) is 8.42 Å². The van der Waals surface area contributed by atoms with Crippen LogP contribution in [0.15, 0.2) is 0 Å². The van der Waals surface area contributed by atoms with Crippen molar-refractivity contribution in [3.05, 3.63) is 0 Å². The predicted octanol–water partition coefficient (Wildman–Crippen LogP) is 2.16. The number of nitrogens with zero attached hydrogens (tertiary/aromatic N) is 1.